The van der Waals surface area contributed by atoms with Gasteiger partial charge in [0.05, 0.1) is 17.7 Å². The first-order chi connectivity index (χ1) is 11.5. The number of nitrogens with zero attached hydrogens (tertiary/aromatic N) is 2. The lowest BCUT2D eigenvalue weighted by atomic mass is 9.99. The molecule has 0 radical (unpaired) electrons. The number of hydrogen-bond donors (Lipinski definition) is 0. The van der Waals surface area contributed by atoms with Crippen molar-refractivity contribution in [2.24, 2.45) is 7.05 Å². The third-order valence-electron chi connectivity index (χ3n) is 3.65. The summed E-state index contributed by atoms with van der Waals surface area (Å²) < 4.78 is 20.0. The van der Waals surface area contributed by atoms with Gasteiger partial charge in [-0.1, -0.05) is 41.9 Å². The third-order valence-corrected chi connectivity index (χ3v) is 3.97. The SMILES string of the molecule is COc1c(-c2ccc(F)cc2Cl)c(-c2ccccc2)nn(C)c1=O. The highest BCUT2D eigenvalue weighted by Crippen LogP contribution is 2.39. The van der Waals surface area contributed by atoms with Gasteiger partial charge in [0.15, 0.2) is 5.75 Å². The summed E-state index contributed by atoms with van der Waals surface area (Å²) in [6, 6.07) is 13.3. The first-order valence-electron chi connectivity index (χ1n) is 7.19. The van der Waals surface area contributed by atoms with E-state index in [-0.39, 0.29) is 10.8 Å². The van der Waals surface area contributed by atoms with Crippen LogP contribution >= 0.6 is 11.6 Å². The van der Waals surface area contributed by atoms with Crippen LogP contribution in [0, 0.1) is 5.82 Å². The van der Waals surface area contributed by atoms with Crippen molar-refractivity contribution < 1.29 is 9.13 Å². The Kier molecular flexibility index (Phi) is 4.36. The summed E-state index contributed by atoms with van der Waals surface area (Å²) in [4.78, 5) is 12.4. The average molecular weight is 345 g/mol. The molecule has 1 aromatic heterocycles. The molecule has 0 atom stereocenters. The van der Waals surface area contributed by atoms with Crippen LogP contribution in [-0.4, -0.2) is 16.9 Å². The number of ether oxygens (including phenoxy) is 1. The molecule has 0 aliphatic carbocycles. The molecule has 0 aliphatic rings. The topological polar surface area (TPSA) is 44.1 Å². The summed E-state index contributed by atoms with van der Waals surface area (Å²) in [5.74, 6) is -0.347. The van der Waals surface area contributed by atoms with Crippen molar-refractivity contribution in [2.45, 2.75) is 0 Å². The minimum atomic E-state index is -0.458. The van der Waals surface area contributed by atoms with Crippen molar-refractivity contribution in [1.29, 1.82) is 0 Å². The third kappa shape index (κ3) is 2.78. The largest absolute Gasteiger partial charge is 0.491 e. The van der Waals surface area contributed by atoms with E-state index in [0.29, 0.717) is 16.8 Å². The molecule has 3 aromatic rings. The molecule has 3 rings (SSSR count). The fourth-order valence-electron chi connectivity index (χ4n) is 2.54. The lowest BCUT2D eigenvalue weighted by Gasteiger charge is -2.15. The zero-order valence-electron chi connectivity index (χ0n) is 13.1. The molecule has 6 heteroatoms. The highest BCUT2D eigenvalue weighted by atomic mass is 35.5. The van der Waals surface area contributed by atoms with E-state index in [1.807, 2.05) is 30.3 Å². The minimum absolute atomic E-state index is 0.111. The second kappa shape index (κ2) is 6.45. The van der Waals surface area contributed by atoms with Crippen LogP contribution < -0.4 is 10.3 Å². The van der Waals surface area contributed by atoms with Crippen molar-refractivity contribution in [1.82, 2.24) is 9.78 Å². The quantitative estimate of drug-likeness (QED) is 0.723. The molecule has 4 nitrogen and oxygen atoms in total. The molecule has 2 aromatic carbocycles. The molecule has 0 amide bonds. The summed E-state index contributed by atoms with van der Waals surface area (Å²) in [6.07, 6.45) is 0. The molecule has 0 saturated carbocycles. The summed E-state index contributed by atoms with van der Waals surface area (Å²) in [5.41, 5.74) is 1.85. The van der Waals surface area contributed by atoms with Crippen LogP contribution in [0.25, 0.3) is 22.4 Å². The molecule has 0 aliphatic heterocycles. The van der Waals surface area contributed by atoms with Gasteiger partial charge in [0.25, 0.3) is 0 Å². The van der Waals surface area contributed by atoms with Crippen molar-refractivity contribution in [3.63, 3.8) is 0 Å². The molecule has 1 heterocycles. The van der Waals surface area contributed by atoms with Gasteiger partial charge in [-0.25, -0.2) is 9.07 Å². The van der Waals surface area contributed by atoms with E-state index >= 15 is 0 Å². The lowest BCUT2D eigenvalue weighted by molar-refractivity contribution is 0.403. The number of hydrogen-bond acceptors (Lipinski definition) is 3. The molecule has 0 saturated heterocycles. The van der Waals surface area contributed by atoms with Gasteiger partial charge in [0, 0.05) is 18.2 Å². The van der Waals surface area contributed by atoms with Gasteiger partial charge in [-0.2, -0.15) is 5.10 Å². The summed E-state index contributed by atoms with van der Waals surface area (Å²) in [7, 11) is 2.96. The van der Waals surface area contributed by atoms with Crippen LogP contribution in [0.1, 0.15) is 0 Å². The van der Waals surface area contributed by atoms with Crippen LogP contribution in [0.4, 0.5) is 4.39 Å². The Morgan fingerprint density at radius 3 is 2.50 bits per heavy atom. The van der Waals surface area contributed by atoms with E-state index < -0.39 is 11.4 Å². The zero-order chi connectivity index (χ0) is 17.3. The fourth-order valence-corrected chi connectivity index (χ4v) is 2.80. The van der Waals surface area contributed by atoms with Crippen LogP contribution in [0.2, 0.25) is 5.02 Å². The fraction of sp³-hybridized carbons (Fsp3) is 0.111. The molecular formula is C18H14ClFN2O2. The van der Waals surface area contributed by atoms with Gasteiger partial charge in [-0.15, -0.1) is 0 Å². The van der Waals surface area contributed by atoms with Crippen LogP contribution in [0.5, 0.6) is 5.75 Å². The molecule has 0 bridgehead atoms. The van der Waals surface area contributed by atoms with Crippen LogP contribution in [-0.2, 0) is 7.05 Å². The Morgan fingerprint density at radius 2 is 1.88 bits per heavy atom. The average Bonchev–Trinajstić information content (AvgIpc) is 2.58. The Bertz CT molecular complexity index is 955. The second-order valence-electron chi connectivity index (χ2n) is 5.18. The van der Waals surface area contributed by atoms with Crippen LogP contribution in [0.15, 0.2) is 53.3 Å². The van der Waals surface area contributed by atoms with E-state index in [4.69, 9.17) is 16.3 Å². The Hall–Kier alpha value is -2.66. The molecule has 122 valence electrons. The van der Waals surface area contributed by atoms with Crippen molar-refractivity contribution >= 4 is 11.6 Å². The van der Waals surface area contributed by atoms with E-state index in [9.17, 15) is 9.18 Å². The molecule has 24 heavy (non-hydrogen) atoms. The van der Waals surface area contributed by atoms with E-state index in [1.54, 1.807) is 7.05 Å². The van der Waals surface area contributed by atoms with E-state index in [2.05, 4.69) is 5.10 Å². The number of aryl methyl sites for hydroxylation is 1. The Morgan fingerprint density at radius 1 is 1.17 bits per heavy atom. The number of methoxy groups -OCH3 is 1. The first-order valence-corrected chi connectivity index (χ1v) is 7.57. The first kappa shape index (κ1) is 16.2. The minimum Gasteiger partial charge on any atom is -0.491 e. The molecule has 0 N–H and O–H groups in total. The highest BCUT2D eigenvalue weighted by molar-refractivity contribution is 6.33. The number of halogens is 2. The Labute approximate surface area is 143 Å². The normalized spacial score (nSPS) is 10.7. The van der Waals surface area contributed by atoms with Gasteiger partial charge in [-0.3, -0.25) is 4.79 Å². The number of aromatic nitrogens is 2. The standard InChI is InChI=1S/C18H14ClFN2O2/c1-22-18(23)17(24-2)15(13-9-8-12(20)10-14(13)19)16(21-22)11-6-4-3-5-7-11/h3-10H,1-2H3. The van der Waals surface area contributed by atoms with E-state index in [1.165, 1.54) is 30.0 Å². The van der Waals surface area contributed by atoms with Crippen molar-refractivity contribution in [3.8, 4) is 28.1 Å². The molecule has 0 fully saturated rings. The summed E-state index contributed by atoms with van der Waals surface area (Å²) >= 11 is 6.21. The van der Waals surface area contributed by atoms with Gasteiger partial charge in [-0.05, 0) is 18.2 Å². The van der Waals surface area contributed by atoms with Gasteiger partial charge >= 0.3 is 5.56 Å². The van der Waals surface area contributed by atoms with Gasteiger partial charge in [0.1, 0.15) is 11.5 Å². The predicted molar refractivity (Wildman–Crippen MR) is 91.9 cm³/mol. The molecular weight excluding hydrogens is 331 g/mol. The summed E-state index contributed by atoms with van der Waals surface area (Å²) in [5, 5.41) is 4.54. The Balaban J connectivity index is 2.42. The second-order valence-corrected chi connectivity index (χ2v) is 5.58. The lowest BCUT2D eigenvalue weighted by Crippen LogP contribution is -2.23. The molecule has 0 unspecified atom stereocenters. The van der Waals surface area contributed by atoms with Gasteiger partial charge in [0.2, 0.25) is 0 Å². The monoisotopic (exact) mass is 344 g/mol. The number of rotatable bonds is 3. The maximum atomic E-state index is 13.4. The van der Waals surface area contributed by atoms with Crippen LogP contribution in [0.3, 0.4) is 0 Å². The maximum absolute atomic E-state index is 13.4. The van der Waals surface area contributed by atoms with Gasteiger partial charge < -0.3 is 4.74 Å². The van der Waals surface area contributed by atoms with Crippen molar-refractivity contribution in [2.75, 3.05) is 7.11 Å². The smallest absolute Gasteiger partial charge is 0.309 e. The van der Waals surface area contributed by atoms with E-state index in [0.717, 1.165) is 5.56 Å². The van der Waals surface area contributed by atoms with Crippen molar-refractivity contribution in [3.05, 3.63) is 69.7 Å². The number of benzene rings is 2. The predicted octanol–water partition coefficient (Wildman–Crippen LogP) is 3.92. The highest BCUT2D eigenvalue weighted by Gasteiger charge is 2.22. The maximum Gasteiger partial charge on any atom is 0.309 e. The zero-order valence-corrected chi connectivity index (χ0v) is 13.8. The molecule has 0 spiro atoms. The summed E-state index contributed by atoms with van der Waals surface area (Å²) in [6.45, 7) is 0.